The summed E-state index contributed by atoms with van der Waals surface area (Å²) in [6.45, 7) is 7.63. The van der Waals surface area contributed by atoms with E-state index in [1.807, 2.05) is 37.0 Å². The fraction of sp³-hybridized carbons (Fsp3) is 0.556. The number of aliphatic imine (C=N–C) groups is 1. The molecule has 1 aliphatic heterocycles. The zero-order valence-electron chi connectivity index (χ0n) is 15.2. The first-order valence-corrected chi connectivity index (χ1v) is 9.59. The van der Waals surface area contributed by atoms with Gasteiger partial charge in [0.1, 0.15) is 5.82 Å². The molecule has 1 saturated heterocycles. The number of thioether (sulfide) groups is 1. The van der Waals surface area contributed by atoms with Crippen LogP contribution in [0.3, 0.4) is 0 Å². The Morgan fingerprint density at radius 3 is 2.92 bits per heavy atom. The zero-order valence-corrected chi connectivity index (χ0v) is 18.4. The standard InChI is InChI=1S/C18H27N5S.HI/c1-18(2)13-23(11-12-24-18)17(19-3)20-10-6-9-16-21-14-7-4-5-8-15(14)22-16;/h4-5,7-8H,6,9-13H2,1-3H3,(H,19,20)(H,21,22);1H. The molecule has 7 heteroatoms. The highest BCUT2D eigenvalue weighted by molar-refractivity contribution is 14.0. The molecule has 2 aromatic rings. The number of aryl methyl sites for hydroxylation is 1. The number of benzene rings is 1. The van der Waals surface area contributed by atoms with Crippen molar-refractivity contribution in [2.24, 2.45) is 4.99 Å². The summed E-state index contributed by atoms with van der Waals surface area (Å²) in [6, 6.07) is 8.18. The van der Waals surface area contributed by atoms with Crippen LogP contribution in [0.4, 0.5) is 0 Å². The Morgan fingerprint density at radius 2 is 2.20 bits per heavy atom. The first kappa shape index (κ1) is 20.4. The van der Waals surface area contributed by atoms with E-state index in [2.05, 4.69) is 45.1 Å². The molecule has 0 amide bonds. The van der Waals surface area contributed by atoms with E-state index < -0.39 is 0 Å². The Bertz CT molecular complexity index is 679. The SMILES string of the molecule is CN=C(NCCCc1nc2ccccc2[nH]1)N1CCSC(C)(C)C1.I. The minimum absolute atomic E-state index is 0. The van der Waals surface area contributed by atoms with Crippen molar-refractivity contribution in [1.82, 2.24) is 20.2 Å². The molecule has 138 valence electrons. The lowest BCUT2D eigenvalue weighted by Gasteiger charge is -2.39. The van der Waals surface area contributed by atoms with Gasteiger partial charge in [-0.2, -0.15) is 11.8 Å². The van der Waals surface area contributed by atoms with E-state index in [9.17, 15) is 0 Å². The molecule has 0 saturated carbocycles. The highest BCUT2D eigenvalue weighted by atomic mass is 127. The second-order valence-corrected chi connectivity index (χ2v) is 8.61. The lowest BCUT2D eigenvalue weighted by molar-refractivity contribution is 0.375. The van der Waals surface area contributed by atoms with E-state index in [0.29, 0.717) is 4.75 Å². The van der Waals surface area contributed by atoms with E-state index in [1.165, 1.54) is 0 Å². The van der Waals surface area contributed by atoms with Crippen LogP contribution in [0.5, 0.6) is 0 Å². The number of aromatic amines is 1. The van der Waals surface area contributed by atoms with Crippen molar-refractivity contribution in [3.8, 4) is 0 Å². The minimum atomic E-state index is 0. The summed E-state index contributed by atoms with van der Waals surface area (Å²) in [7, 11) is 1.87. The fourth-order valence-corrected chi connectivity index (χ4v) is 4.22. The number of aromatic nitrogens is 2. The van der Waals surface area contributed by atoms with Crippen LogP contribution in [0, 0.1) is 0 Å². The quantitative estimate of drug-likeness (QED) is 0.309. The molecule has 0 spiro atoms. The zero-order chi connectivity index (χ0) is 17.0. The van der Waals surface area contributed by atoms with Crippen molar-refractivity contribution in [3.05, 3.63) is 30.1 Å². The molecule has 1 aromatic carbocycles. The molecule has 25 heavy (non-hydrogen) atoms. The lowest BCUT2D eigenvalue weighted by Crippen LogP contribution is -2.51. The van der Waals surface area contributed by atoms with Crippen molar-refractivity contribution >= 4 is 52.7 Å². The number of rotatable bonds is 4. The molecule has 1 aromatic heterocycles. The Morgan fingerprint density at radius 1 is 1.40 bits per heavy atom. The molecule has 0 bridgehead atoms. The average molecular weight is 473 g/mol. The predicted molar refractivity (Wildman–Crippen MR) is 119 cm³/mol. The Labute approximate surface area is 171 Å². The molecule has 0 radical (unpaired) electrons. The summed E-state index contributed by atoms with van der Waals surface area (Å²) in [5.41, 5.74) is 2.16. The largest absolute Gasteiger partial charge is 0.356 e. The first-order valence-electron chi connectivity index (χ1n) is 8.60. The van der Waals surface area contributed by atoms with Crippen LogP contribution in [-0.2, 0) is 6.42 Å². The van der Waals surface area contributed by atoms with Gasteiger partial charge in [0.2, 0.25) is 0 Å². The summed E-state index contributed by atoms with van der Waals surface area (Å²) in [5.74, 6) is 3.24. The number of hydrogen-bond donors (Lipinski definition) is 2. The van der Waals surface area contributed by atoms with Crippen molar-refractivity contribution in [2.45, 2.75) is 31.4 Å². The minimum Gasteiger partial charge on any atom is -0.356 e. The summed E-state index contributed by atoms with van der Waals surface area (Å²) >= 11 is 2.04. The normalized spacial score (nSPS) is 17.4. The number of imidazole rings is 1. The molecule has 2 N–H and O–H groups in total. The van der Waals surface area contributed by atoms with E-state index in [-0.39, 0.29) is 24.0 Å². The number of nitrogens with zero attached hydrogens (tertiary/aromatic N) is 3. The van der Waals surface area contributed by atoms with Gasteiger partial charge in [-0.3, -0.25) is 4.99 Å². The molecular weight excluding hydrogens is 445 g/mol. The third-order valence-corrected chi connectivity index (χ3v) is 5.55. The fourth-order valence-electron chi connectivity index (χ4n) is 3.11. The van der Waals surface area contributed by atoms with E-state index in [1.54, 1.807) is 0 Å². The van der Waals surface area contributed by atoms with Gasteiger partial charge in [-0.15, -0.1) is 24.0 Å². The monoisotopic (exact) mass is 473 g/mol. The number of halogens is 1. The molecule has 0 atom stereocenters. The van der Waals surface area contributed by atoms with Crippen molar-refractivity contribution in [1.29, 1.82) is 0 Å². The number of H-pyrrole nitrogens is 1. The van der Waals surface area contributed by atoms with Crippen LogP contribution < -0.4 is 5.32 Å². The predicted octanol–water partition coefficient (Wildman–Crippen LogP) is 3.52. The van der Waals surface area contributed by atoms with Crippen LogP contribution in [0.15, 0.2) is 29.3 Å². The average Bonchev–Trinajstić information content (AvgIpc) is 2.96. The topological polar surface area (TPSA) is 56.3 Å². The second kappa shape index (κ2) is 9.12. The number of para-hydroxylation sites is 2. The van der Waals surface area contributed by atoms with Gasteiger partial charge in [-0.25, -0.2) is 4.98 Å². The molecule has 5 nitrogen and oxygen atoms in total. The molecule has 2 heterocycles. The van der Waals surface area contributed by atoms with Crippen LogP contribution in [0.2, 0.25) is 0 Å². The summed E-state index contributed by atoms with van der Waals surface area (Å²) in [5, 5.41) is 3.51. The van der Waals surface area contributed by atoms with Crippen LogP contribution in [-0.4, -0.2) is 58.0 Å². The van der Waals surface area contributed by atoms with Gasteiger partial charge in [0.15, 0.2) is 5.96 Å². The molecule has 0 unspecified atom stereocenters. The third-order valence-electron chi connectivity index (χ3n) is 4.25. The van der Waals surface area contributed by atoms with Crippen LogP contribution in [0.25, 0.3) is 11.0 Å². The van der Waals surface area contributed by atoms with Gasteiger partial charge < -0.3 is 15.2 Å². The highest BCUT2D eigenvalue weighted by Crippen LogP contribution is 2.29. The van der Waals surface area contributed by atoms with E-state index >= 15 is 0 Å². The molecular formula is C18H28IN5S. The van der Waals surface area contributed by atoms with Gasteiger partial charge in [0.05, 0.1) is 11.0 Å². The number of guanidine groups is 1. The summed E-state index contributed by atoms with van der Waals surface area (Å²) in [4.78, 5) is 14.8. The summed E-state index contributed by atoms with van der Waals surface area (Å²) < 4.78 is 0.296. The molecule has 3 rings (SSSR count). The van der Waals surface area contributed by atoms with Gasteiger partial charge in [-0.1, -0.05) is 12.1 Å². The van der Waals surface area contributed by atoms with E-state index in [4.69, 9.17) is 0 Å². The molecule has 1 fully saturated rings. The Balaban J connectivity index is 0.00000225. The number of nitrogens with one attached hydrogen (secondary N) is 2. The van der Waals surface area contributed by atoms with Crippen molar-refractivity contribution in [3.63, 3.8) is 0 Å². The van der Waals surface area contributed by atoms with Gasteiger partial charge in [0, 0.05) is 43.6 Å². The van der Waals surface area contributed by atoms with Crippen molar-refractivity contribution < 1.29 is 0 Å². The molecule has 1 aliphatic rings. The van der Waals surface area contributed by atoms with Crippen molar-refractivity contribution in [2.75, 3.05) is 32.4 Å². The maximum absolute atomic E-state index is 4.63. The first-order chi connectivity index (χ1) is 11.6. The Hall–Kier alpha value is -0.960. The van der Waals surface area contributed by atoms with E-state index in [0.717, 1.165) is 61.0 Å². The summed E-state index contributed by atoms with van der Waals surface area (Å²) in [6.07, 6.45) is 1.98. The highest BCUT2D eigenvalue weighted by Gasteiger charge is 2.28. The van der Waals surface area contributed by atoms with Crippen LogP contribution in [0.1, 0.15) is 26.1 Å². The van der Waals surface area contributed by atoms with Crippen LogP contribution >= 0.6 is 35.7 Å². The van der Waals surface area contributed by atoms with Gasteiger partial charge in [0.25, 0.3) is 0 Å². The Kier molecular flexibility index (Phi) is 7.42. The number of fused-ring (bicyclic) bond motifs is 1. The second-order valence-electron chi connectivity index (χ2n) is 6.81. The lowest BCUT2D eigenvalue weighted by atomic mass is 10.2. The molecule has 0 aliphatic carbocycles. The van der Waals surface area contributed by atoms with Gasteiger partial charge >= 0.3 is 0 Å². The maximum atomic E-state index is 4.63. The maximum Gasteiger partial charge on any atom is 0.193 e. The third kappa shape index (κ3) is 5.51. The number of hydrogen-bond acceptors (Lipinski definition) is 3. The van der Waals surface area contributed by atoms with Gasteiger partial charge in [-0.05, 0) is 32.4 Å². The smallest absolute Gasteiger partial charge is 0.193 e.